The zero-order chi connectivity index (χ0) is 9.97. The topological polar surface area (TPSA) is 58.7 Å². The summed E-state index contributed by atoms with van der Waals surface area (Å²) in [6.45, 7) is 2.83. The third-order valence-corrected chi connectivity index (χ3v) is 3.28. The summed E-state index contributed by atoms with van der Waals surface area (Å²) in [5, 5.41) is 9.60. The van der Waals surface area contributed by atoms with E-state index < -0.39 is 0 Å². The highest BCUT2D eigenvalue weighted by atomic mass is 16.5. The van der Waals surface area contributed by atoms with Crippen molar-refractivity contribution in [1.82, 2.24) is 4.90 Å². The molecule has 82 valence electrons. The largest absolute Gasteiger partial charge is 0.389 e. The quantitative estimate of drug-likeness (QED) is 0.602. The molecule has 0 spiro atoms. The van der Waals surface area contributed by atoms with E-state index in [2.05, 4.69) is 4.90 Å². The van der Waals surface area contributed by atoms with Crippen LogP contribution in [0.15, 0.2) is 0 Å². The van der Waals surface area contributed by atoms with Gasteiger partial charge in [0.1, 0.15) is 0 Å². The predicted molar refractivity (Wildman–Crippen MR) is 54.0 cm³/mol. The number of hydrogen-bond donors (Lipinski definition) is 2. The van der Waals surface area contributed by atoms with Gasteiger partial charge in [-0.15, -0.1) is 0 Å². The molecule has 0 aromatic carbocycles. The van der Waals surface area contributed by atoms with Crippen LogP contribution in [0, 0.1) is 0 Å². The minimum absolute atomic E-state index is 0.292. The molecule has 3 atom stereocenters. The minimum atomic E-state index is -0.342. The molecule has 1 aliphatic heterocycles. The molecule has 0 radical (unpaired) electrons. The lowest BCUT2D eigenvalue weighted by Crippen LogP contribution is -2.47. The monoisotopic (exact) mass is 200 g/mol. The molecule has 1 saturated heterocycles. The van der Waals surface area contributed by atoms with Crippen LogP contribution in [-0.4, -0.2) is 54.5 Å². The van der Waals surface area contributed by atoms with Crippen LogP contribution in [0.5, 0.6) is 0 Å². The van der Waals surface area contributed by atoms with Crippen LogP contribution in [0.25, 0.3) is 0 Å². The molecule has 0 amide bonds. The first-order valence-electron chi connectivity index (χ1n) is 5.53. The molecule has 3 unspecified atom stereocenters. The Morgan fingerprint density at radius 2 is 2.21 bits per heavy atom. The average Bonchev–Trinajstić information content (AvgIpc) is 2.45. The van der Waals surface area contributed by atoms with E-state index in [0.29, 0.717) is 18.7 Å². The molecule has 3 N–H and O–H groups in total. The van der Waals surface area contributed by atoms with Crippen molar-refractivity contribution in [3.63, 3.8) is 0 Å². The maximum atomic E-state index is 9.60. The SMILES string of the molecule is NC1CCCC1N1CCOCC(O)C1. The molecular weight excluding hydrogens is 180 g/mol. The lowest BCUT2D eigenvalue weighted by Gasteiger charge is -2.30. The van der Waals surface area contributed by atoms with E-state index >= 15 is 0 Å². The second-order valence-corrected chi connectivity index (χ2v) is 4.39. The summed E-state index contributed by atoms with van der Waals surface area (Å²) >= 11 is 0. The van der Waals surface area contributed by atoms with Gasteiger partial charge in [-0.2, -0.15) is 0 Å². The van der Waals surface area contributed by atoms with E-state index in [0.717, 1.165) is 26.1 Å². The Labute approximate surface area is 85.0 Å². The number of nitrogens with zero attached hydrogens (tertiary/aromatic N) is 1. The van der Waals surface area contributed by atoms with Gasteiger partial charge in [0.15, 0.2) is 0 Å². The standard InChI is InChI=1S/C10H20N2O2/c11-9-2-1-3-10(9)12-4-5-14-7-8(13)6-12/h8-10,13H,1-7,11H2. The Hall–Kier alpha value is -0.160. The van der Waals surface area contributed by atoms with Crippen molar-refractivity contribution in [2.45, 2.75) is 37.5 Å². The van der Waals surface area contributed by atoms with Crippen molar-refractivity contribution in [3.8, 4) is 0 Å². The summed E-state index contributed by atoms with van der Waals surface area (Å²) in [6, 6.07) is 0.756. The molecule has 1 aliphatic carbocycles. The lowest BCUT2D eigenvalue weighted by atomic mass is 10.1. The molecule has 0 aromatic rings. The van der Waals surface area contributed by atoms with Gasteiger partial charge in [0.05, 0.1) is 19.3 Å². The second-order valence-electron chi connectivity index (χ2n) is 4.39. The van der Waals surface area contributed by atoms with Crippen LogP contribution >= 0.6 is 0 Å². The molecule has 0 bridgehead atoms. The Bertz CT molecular complexity index is 189. The molecule has 0 aromatic heterocycles. The summed E-state index contributed by atoms with van der Waals surface area (Å²) in [4.78, 5) is 2.30. The van der Waals surface area contributed by atoms with E-state index in [1.165, 1.54) is 12.8 Å². The van der Waals surface area contributed by atoms with Gasteiger partial charge in [-0.1, -0.05) is 6.42 Å². The van der Waals surface area contributed by atoms with E-state index in [9.17, 15) is 5.11 Å². The minimum Gasteiger partial charge on any atom is -0.389 e. The molecule has 4 nitrogen and oxygen atoms in total. The first kappa shape index (κ1) is 10.4. The Kier molecular flexibility index (Phi) is 3.38. The highest BCUT2D eigenvalue weighted by Gasteiger charge is 2.31. The number of aliphatic hydroxyl groups excluding tert-OH is 1. The maximum absolute atomic E-state index is 9.60. The van der Waals surface area contributed by atoms with Gasteiger partial charge in [-0.3, -0.25) is 4.90 Å². The molecule has 2 fully saturated rings. The molecule has 4 heteroatoms. The molecule has 2 rings (SSSR count). The third-order valence-electron chi connectivity index (χ3n) is 3.28. The van der Waals surface area contributed by atoms with Gasteiger partial charge in [0.25, 0.3) is 0 Å². The number of β-amino-alcohol motifs (C(OH)–C–C–N with tert-alkyl or cyclic N) is 1. The summed E-state index contributed by atoms with van der Waals surface area (Å²) in [7, 11) is 0. The van der Waals surface area contributed by atoms with E-state index in [1.807, 2.05) is 0 Å². The lowest BCUT2D eigenvalue weighted by molar-refractivity contribution is 0.0541. The fourth-order valence-corrected chi connectivity index (χ4v) is 2.54. The third kappa shape index (κ3) is 2.25. The van der Waals surface area contributed by atoms with Crippen molar-refractivity contribution in [2.24, 2.45) is 5.73 Å². The maximum Gasteiger partial charge on any atom is 0.0900 e. The second kappa shape index (κ2) is 4.57. The van der Waals surface area contributed by atoms with Crippen LogP contribution in [0.2, 0.25) is 0 Å². The van der Waals surface area contributed by atoms with Crippen LogP contribution in [0.4, 0.5) is 0 Å². The van der Waals surface area contributed by atoms with Crippen molar-refractivity contribution in [2.75, 3.05) is 26.3 Å². The van der Waals surface area contributed by atoms with Gasteiger partial charge in [0.2, 0.25) is 0 Å². The van der Waals surface area contributed by atoms with Crippen molar-refractivity contribution in [3.05, 3.63) is 0 Å². The zero-order valence-electron chi connectivity index (χ0n) is 8.56. The smallest absolute Gasteiger partial charge is 0.0900 e. The molecule has 1 saturated carbocycles. The van der Waals surface area contributed by atoms with Crippen LogP contribution in [-0.2, 0) is 4.74 Å². The van der Waals surface area contributed by atoms with Crippen molar-refractivity contribution < 1.29 is 9.84 Å². The summed E-state index contributed by atoms with van der Waals surface area (Å²) in [5.41, 5.74) is 6.04. The number of rotatable bonds is 1. The molecule has 1 heterocycles. The van der Waals surface area contributed by atoms with Gasteiger partial charge in [-0.25, -0.2) is 0 Å². The predicted octanol–water partition coefficient (Wildman–Crippen LogP) is -0.441. The number of hydrogen-bond acceptors (Lipinski definition) is 4. The fraction of sp³-hybridized carbons (Fsp3) is 1.00. The highest BCUT2D eigenvalue weighted by molar-refractivity contribution is 4.89. The molecule has 14 heavy (non-hydrogen) atoms. The van der Waals surface area contributed by atoms with E-state index in [4.69, 9.17) is 10.5 Å². The summed E-state index contributed by atoms with van der Waals surface area (Å²) in [5.74, 6) is 0. The fourth-order valence-electron chi connectivity index (χ4n) is 2.54. The first-order chi connectivity index (χ1) is 6.77. The number of ether oxygens (including phenoxy) is 1. The number of aliphatic hydroxyl groups is 1. The van der Waals surface area contributed by atoms with Crippen LogP contribution < -0.4 is 5.73 Å². The van der Waals surface area contributed by atoms with Crippen LogP contribution in [0.3, 0.4) is 0 Å². The summed E-state index contributed by atoms with van der Waals surface area (Å²) in [6.07, 6.45) is 3.18. The molecule has 2 aliphatic rings. The normalized spacial score (nSPS) is 41.1. The van der Waals surface area contributed by atoms with Crippen molar-refractivity contribution in [1.29, 1.82) is 0 Å². The van der Waals surface area contributed by atoms with Crippen molar-refractivity contribution >= 4 is 0 Å². The Morgan fingerprint density at radius 3 is 2.93 bits per heavy atom. The Morgan fingerprint density at radius 1 is 1.36 bits per heavy atom. The van der Waals surface area contributed by atoms with Crippen LogP contribution in [0.1, 0.15) is 19.3 Å². The average molecular weight is 200 g/mol. The summed E-state index contributed by atoms with van der Waals surface area (Å²) < 4.78 is 5.30. The Balaban J connectivity index is 1.94. The van der Waals surface area contributed by atoms with Gasteiger partial charge < -0.3 is 15.6 Å². The van der Waals surface area contributed by atoms with E-state index in [-0.39, 0.29) is 6.10 Å². The van der Waals surface area contributed by atoms with Gasteiger partial charge >= 0.3 is 0 Å². The first-order valence-corrected chi connectivity index (χ1v) is 5.53. The molecular formula is C10H20N2O2. The number of nitrogens with two attached hydrogens (primary N) is 1. The highest BCUT2D eigenvalue weighted by Crippen LogP contribution is 2.23. The van der Waals surface area contributed by atoms with Gasteiger partial charge in [0, 0.05) is 25.2 Å². The van der Waals surface area contributed by atoms with E-state index in [1.54, 1.807) is 0 Å². The van der Waals surface area contributed by atoms with Gasteiger partial charge in [-0.05, 0) is 12.8 Å². The zero-order valence-corrected chi connectivity index (χ0v) is 8.56.